The van der Waals surface area contributed by atoms with E-state index >= 15 is 0 Å². The van der Waals surface area contributed by atoms with Crippen molar-refractivity contribution in [1.29, 1.82) is 0 Å². The van der Waals surface area contributed by atoms with E-state index in [0.29, 0.717) is 5.56 Å². The maximum atomic E-state index is 13.7. The lowest BCUT2D eigenvalue weighted by Crippen LogP contribution is -2.65. The van der Waals surface area contributed by atoms with Crippen LogP contribution in [0, 0.1) is 0 Å². The molecule has 2 saturated carbocycles. The standard InChI is InChI=1S/C24H32N2O4/c1-30-20(27)13-16-25-22(28)21-18-11-5-6-12-19(18)23(29)26(17-9-3-4-10-17)24(21)14-7-2-8-15-24/h5-6,11-12,17,21H,2-4,7-10,13-16H2,1H3,(H,25,28)/t21-/m0/s1. The minimum Gasteiger partial charge on any atom is -0.469 e. The molecule has 0 saturated heterocycles. The smallest absolute Gasteiger partial charge is 0.307 e. The summed E-state index contributed by atoms with van der Waals surface area (Å²) in [6.45, 7) is 0.248. The van der Waals surface area contributed by atoms with E-state index in [1.54, 1.807) is 0 Å². The second kappa shape index (κ2) is 8.78. The highest BCUT2D eigenvalue weighted by Crippen LogP contribution is 2.51. The Balaban J connectivity index is 1.73. The highest BCUT2D eigenvalue weighted by molar-refractivity contribution is 6.02. The number of ether oxygens (including phenoxy) is 1. The Morgan fingerprint density at radius 2 is 1.80 bits per heavy atom. The lowest BCUT2D eigenvalue weighted by atomic mass is 9.64. The van der Waals surface area contributed by atoms with Gasteiger partial charge in [-0.1, -0.05) is 50.3 Å². The number of methoxy groups -OCH3 is 1. The third kappa shape index (κ3) is 3.61. The second-order valence-corrected chi connectivity index (χ2v) is 8.92. The van der Waals surface area contributed by atoms with Crippen LogP contribution in [0.4, 0.5) is 0 Å². The zero-order valence-electron chi connectivity index (χ0n) is 17.8. The van der Waals surface area contributed by atoms with Crippen molar-refractivity contribution in [3.8, 4) is 0 Å². The first-order valence-electron chi connectivity index (χ1n) is 11.4. The molecular weight excluding hydrogens is 380 g/mol. The van der Waals surface area contributed by atoms with E-state index in [2.05, 4.69) is 10.2 Å². The molecule has 0 aromatic heterocycles. The average molecular weight is 413 g/mol. The highest BCUT2D eigenvalue weighted by atomic mass is 16.5. The van der Waals surface area contributed by atoms with Gasteiger partial charge in [0.25, 0.3) is 5.91 Å². The molecule has 1 aromatic rings. The molecule has 1 N–H and O–H groups in total. The quantitative estimate of drug-likeness (QED) is 0.751. The largest absolute Gasteiger partial charge is 0.469 e. The summed E-state index contributed by atoms with van der Waals surface area (Å²) in [6.07, 6.45) is 9.40. The Kier molecular flexibility index (Phi) is 6.11. The van der Waals surface area contributed by atoms with Crippen molar-refractivity contribution >= 4 is 17.8 Å². The van der Waals surface area contributed by atoms with Crippen LogP contribution in [-0.4, -0.2) is 47.9 Å². The summed E-state index contributed by atoms with van der Waals surface area (Å²) >= 11 is 0. The van der Waals surface area contributed by atoms with Gasteiger partial charge >= 0.3 is 5.97 Å². The summed E-state index contributed by atoms with van der Waals surface area (Å²) in [5.41, 5.74) is 1.04. The molecule has 1 atom stereocenters. The fourth-order valence-corrected chi connectivity index (χ4v) is 5.97. The summed E-state index contributed by atoms with van der Waals surface area (Å²) < 4.78 is 4.70. The van der Waals surface area contributed by atoms with Gasteiger partial charge in [0, 0.05) is 18.2 Å². The van der Waals surface area contributed by atoms with Gasteiger partial charge in [0.15, 0.2) is 0 Å². The van der Waals surface area contributed by atoms with Gasteiger partial charge < -0.3 is 15.0 Å². The zero-order chi connectivity index (χ0) is 21.1. The zero-order valence-corrected chi connectivity index (χ0v) is 17.8. The monoisotopic (exact) mass is 412 g/mol. The predicted octanol–water partition coefficient (Wildman–Crippen LogP) is 3.55. The molecule has 1 heterocycles. The van der Waals surface area contributed by atoms with Gasteiger partial charge in [0.2, 0.25) is 5.91 Å². The summed E-state index contributed by atoms with van der Waals surface area (Å²) in [6, 6.07) is 7.83. The number of fused-ring (bicyclic) bond motifs is 1. The van der Waals surface area contributed by atoms with Crippen LogP contribution in [0.2, 0.25) is 0 Å². The Labute approximate surface area is 178 Å². The molecule has 2 fully saturated rings. The van der Waals surface area contributed by atoms with Gasteiger partial charge in [-0.25, -0.2) is 0 Å². The predicted molar refractivity (Wildman–Crippen MR) is 113 cm³/mol. The molecule has 1 aromatic carbocycles. The number of rotatable bonds is 5. The molecule has 6 heteroatoms. The summed E-state index contributed by atoms with van der Waals surface area (Å²) in [5, 5.41) is 2.98. The van der Waals surface area contributed by atoms with Crippen molar-refractivity contribution in [2.24, 2.45) is 0 Å². The van der Waals surface area contributed by atoms with Crippen molar-refractivity contribution in [2.45, 2.75) is 81.7 Å². The first kappa shape index (κ1) is 20.9. The van der Waals surface area contributed by atoms with Crippen molar-refractivity contribution in [3.05, 3.63) is 35.4 Å². The van der Waals surface area contributed by atoms with Crippen LogP contribution < -0.4 is 5.32 Å². The first-order valence-corrected chi connectivity index (χ1v) is 11.4. The van der Waals surface area contributed by atoms with Crippen LogP contribution in [0.25, 0.3) is 0 Å². The van der Waals surface area contributed by atoms with E-state index < -0.39 is 11.5 Å². The molecule has 0 unspecified atom stereocenters. The van der Waals surface area contributed by atoms with Crippen LogP contribution in [0.15, 0.2) is 24.3 Å². The molecule has 4 rings (SSSR count). The van der Waals surface area contributed by atoms with E-state index in [4.69, 9.17) is 4.74 Å². The normalized spacial score (nSPS) is 23.3. The first-order chi connectivity index (χ1) is 14.6. The van der Waals surface area contributed by atoms with E-state index in [9.17, 15) is 14.4 Å². The third-order valence-electron chi connectivity index (χ3n) is 7.27. The van der Waals surface area contributed by atoms with Crippen LogP contribution in [-0.2, 0) is 14.3 Å². The summed E-state index contributed by atoms with van der Waals surface area (Å²) in [5.74, 6) is -0.721. The fraction of sp³-hybridized carbons (Fsp3) is 0.625. The Bertz CT molecular complexity index is 809. The van der Waals surface area contributed by atoms with Crippen LogP contribution in [0.3, 0.4) is 0 Å². The van der Waals surface area contributed by atoms with Crippen molar-refractivity contribution < 1.29 is 19.1 Å². The van der Waals surface area contributed by atoms with Crippen molar-refractivity contribution in [2.75, 3.05) is 13.7 Å². The van der Waals surface area contributed by atoms with Crippen LogP contribution in [0.5, 0.6) is 0 Å². The van der Waals surface area contributed by atoms with Gasteiger partial charge in [-0.05, 0) is 37.3 Å². The molecule has 162 valence electrons. The van der Waals surface area contributed by atoms with Gasteiger partial charge in [0.1, 0.15) is 0 Å². The number of nitrogens with zero attached hydrogens (tertiary/aromatic N) is 1. The third-order valence-corrected chi connectivity index (χ3v) is 7.27. The number of carbonyl (C=O) groups excluding carboxylic acids is 3. The summed E-state index contributed by atoms with van der Waals surface area (Å²) in [4.78, 5) is 40.9. The molecule has 2 aliphatic carbocycles. The molecular formula is C24H32N2O4. The molecule has 30 heavy (non-hydrogen) atoms. The minimum atomic E-state index is -0.464. The topological polar surface area (TPSA) is 75.7 Å². The number of esters is 1. The Morgan fingerprint density at radius 1 is 1.10 bits per heavy atom. The molecule has 2 amide bonds. The Hall–Kier alpha value is -2.37. The lowest BCUT2D eigenvalue weighted by molar-refractivity contribution is -0.140. The number of amides is 2. The lowest BCUT2D eigenvalue weighted by Gasteiger charge is -2.56. The number of benzene rings is 1. The molecule has 3 aliphatic rings. The number of carbonyl (C=O) groups is 3. The van der Waals surface area contributed by atoms with Gasteiger partial charge in [0.05, 0.1) is 25.0 Å². The number of hydrogen-bond donors (Lipinski definition) is 1. The molecule has 0 bridgehead atoms. The second-order valence-electron chi connectivity index (χ2n) is 8.92. The average Bonchev–Trinajstić information content (AvgIpc) is 3.28. The highest BCUT2D eigenvalue weighted by Gasteiger charge is 2.56. The SMILES string of the molecule is COC(=O)CCNC(=O)[C@@H]1c2ccccc2C(=O)N(C2CCCC2)C12CCCCC2. The molecule has 6 nitrogen and oxygen atoms in total. The van der Waals surface area contributed by atoms with Gasteiger partial charge in [-0.3, -0.25) is 14.4 Å². The molecule has 1 spiro atoms. The molecule has 1 aliphatic heterocycles. The van der Waals surface area contributed by atoms with Gasteiger partial charge in [-0.15, -0.1) is 0 Å². The number of nitrogens with one attached hydrogen (secondary N) is 1. The van der Waals surface area contributed by atoms with E-state index in [-0.39, 0.29) is 36.8 Å². The molecule has 0 radical (unpaired) electrons. The van der Waals surface area contributed by atoms with E-state index in [0.717, 1.165) is 63.4 Å². The van der Waals surface area contributed by atoms with Crippen molar-refractivity contribution in [3.63, 3.8) is 0 Å². The summed E-state index contributed by atoms with van der Waals surface area (Å²) in [7, 11) is 1.35. The van der Waals surface area contributed by atoms with E-state index in [1.165, 1.54) is 7.11 Å². The maximum Gasteiger partial charge on any atom is 0.307 e. The van der Waals surface area contributed by atoms with E-state index in [1.807, 2.05) is 24.3 Å². The van der Waals surface area contributed by atoms with Crippen LogP contribution in [0.1, 0.15) is 86.0 Å². The number of hydrogen-bond acceptors (Lipinski definition) is 4. The van der Waals surface area contributed by atoms with Gasteiger partial charge in [-0.2, -0.15) is 0 Å². The maximum absolute atomic E-state index is 13.7. The fourth-order valence-electron chi connectivity index (χ4n) is 5.97. The van der Waals surface area contributed by atoms with Crippen LogP contribution >= 0.6 is 0 Å². The van der Waals surface area contributed by atoms with Crippen molar-refractivity contribution in [1.82, 2.24) is 10.2 Å². The minimum absolute atomic E-state index is 0.0799. The Morgan fingerprint density at radius 3 is 2.50 bits per heavy atom.